The number of carbonyl (C=O) groups excluding carboxylic acids is 2. The summed E-state index contributed by atoms with van der Waals surface area (Å²) in [5.74, 6) is -0.942. The van der Waals surface area contributed by atoms with Gasteiger partial charge in [0.1, 0.15) is 17.8 Å². The molecule has 1 aromatic heterocycles. The summed E-state index contributed by atoms with van der Waals surface area (Å²) in [6, 6.07) is 13.9. The van der Waals surface area contributed by atoms with Crippen molar-refractivity contribution in [3.63, 3.8) is 0 Å². The van der Waals surface area contributed by atoms with Crippen LogP contribution in [-0.2, 0) is 19.6 Å². The lowest BCUT2D eigenvalue weighted by Gasteiger charge is -2.26. The van der Waals surface area contributed by atoms with E-state index in [4.69, 9.17) is 9.15 Å². The van der Waals surface area contributed by atoms with Gasteiger partial charge in [-0.15, -0.1) is 0 Å². The summed E-state index contributed by atoms with van der Waals surface area (Å²) in [5, 5.41) is 3.29. The number of sulfonamides is 1. The van der Waals surface area contributed by atoms with Crippen molar-refractivity contribution in [2.24, 2.45) is 0 Å². The third kappa shape index (κ3) is 4.86. The molecule has 10 heteroatoms. The minimum atomic E-state index is -3.74. The summed E-state index contributed by atoms with van der Waals surface area (Å²) in [6.45, 7) is 3.00. The van der Waals surface area contributed by atoms with E-state index in [0.717, 1.165) is 10.6 Å². The van der Waals surface area contributed by atoms with E-state index in [1.165, 1.54) is 0 Å². The molecule has 4 rings (SSSR count). The number of aryl methyl sites for hydroxylation is 1. The second kappa shape index (κ2) is 9.24. The Balaban J connectivity index is 1.66. The first-order valence-electron chi connectivity index (χ1n) is 10.5. The van der Waals surface area contributed by atoms with E-state index in [-0.39, 0.29) is 17.4 Å². The lowest BCUT2D eigenvalue weighted by Crippen LogP contribution is -2.41. The number of hydrogen-bond acceptors (Lipinski definition) is 6. The van der Waals surface area contributed by atoms with Gasteiger partial charge in [-0.2, -0.15) is 0 Å². The SMILES string of the molecule is Cc1ccccc1N(CC(=O)Nc1c(C(=O)N2CCOCC2)oc2ccccc12)S(C)(=O)=O. The Morgan fingerprint density at radius 3 is 2.42 bits per heavy atom. The van der Waals surface area contributed by atoms with Crippen LogP contribution in [0.25, 0.3) is 11.0 Å². The van der Waals surface area contributed by atoms with Gasteiger partial charge < -0.3 is 19.4 Å². The number of amides is 2. The van der Waals surface area contributed by atoms with Crippen LogP contribution in [0.2, 0.25) is 0 Å². The zero-order chi connectivity index (χ0) is 23.6. The fourth-order valence-corrected chi connectivity index (χ4v) is 4.68. The van der Waals surface area contributed by atoms with Crippen molar-refractivity contribution in [2.75, 3.05) is 48.7 Å². The maximum atomic E-state index is 13.1. The summed E-state index contributed by atoms with van der Waals surface area (Å²) >= 11 is 0. The maximum Gasteiger partial charge on any atom is 0.291 e. The van der Waals surface area contributed by atoms with Gasteiger partial charge in [-0.25, -0.2) is 8.42 Å². The molecule has 1 aliphatic heterocycles. The third-order valence-corrected chi connectivity index (χ3v) is 6.55. The van der Waals surface area contributed by atoms with Crippen molar-refractivity contribution < 1.29 is 27.2 Å². The largest absolute Gasteiger partial charge is 0.449 e. The number of fused-ring (bicyclic) bond motifs is 1. The van der Waals surface area contributed by atoms with E-state index < -0.39 is 22.5 Å². The molecule has 2 aromatic carbocycles. The molecule has 1 fully saturated rings. The first kappa shape index (κ1) is 22.8. The fraction of sp³-hybridized carbons (Fsp3) is 0.304. The summed E-state index contributed by atoms with van der Waals surface area (Å²) < 4.78 is 37.1. The molecular formula is C23H25N3O6S. The molecule has 0 saturated carbocycles. The summed E-state index contributed by atoms with van der Waals surface area (Å²) in [5.41, 5.74) is 1.80. The normalized spacial score (nSPS) is 14.3. The summed E-state index contributed by atoms with van der Waals surface area (Å²) in [7, 11) is -3.74. The molecule has 0 bridgehead atoms. The van der Waals surface area contributed by atoms with Crippen LogP contribution in [0.15, 0.2) is 52.9 Å². The van der Waals surface area contributed by atoms with Crippen LogP contribution in [0.4, 0.5) is 11.4 Å². The maximum absolute atomic E-state index is 13.1. The molecule has 2 amide bonds. The van der Waals surface area contributed by atoms with Crippen LogP contribution in [0, 0.1) is 6.92 Å². The van der Waals surface area contributed by atoms with Gasteiger partial charge in [-0.1, -0.05) is 30.3 Å². The number of para-hydroxylation sites is 2. The number of benzene rings is 2. The number of nitrogens with zero attached hydrogens (tertiary/aromatic N) is 2. The molecule has 9 nitrogen and oxygen atoms in total. The van der Waals surface area contributed by atoms with E-state index in [1.54, 1.807) is 60.4 Å². The van der Waals surface area contributed by atoms with Crippen LogP contribution in [0.1, 0.15) is 16.1 Å². The number of rotatable bonds is 6. The number of morpholine rings is 1. The molecule has 0 radical (unpaired) electrons. The molecule has 1 N–H and O–H groups in total. The Kier molecular flexibility index (Phi) is 6.39. The van der Waals surface area contributed by atoms with Crippen LogP contribution >= 0.6 is 0 Å². The second-order valence-electron chi connectivity index (χ2n) is 7.81. The van der Waals surface area contributed by atoms with Crippen molar-refractivity contribution in [1.29, 1.82) is 0 Å². The molecule has 2 heterocycles. The van der Waals surface area contributed by atoms with Gasteiger partial charge >= 0.3 is 0 Å². The monoisotopic (exact) mass is 471 g/mol. The molecule has 0 spiro atoms. The average molecular weight is 472 g/mol. The Hall–Kier alpha value is -3.37. The van der Waals surface area contributed by atoms with Crippen molar-refractivity contribution in [1.82, 2.24) is 4.90 Å². The minimum absolute atomic E-state index is 0.00764. The lowest BCUT2D eigenvalue weighted by atomic mass is 10.2. The molecular weight excluding hydrogens is 446 g/mol. The number of ether oxygens (including phenoxy) is 1. The molecule has 174 valence electrons. The van der Waals surface area contributed by atoms with Gasteiger partial charge in [-0.05, 0) is 30.7 Å². The first-order valence-corrected chi connectivity index (χ1v) is 12.3. The van der Waals surface area contributed by atoms with Crippen molar-refractivity contribution in [3.8, 4) is 0 Å². The van der Waals surface area contributed by atoms with E-state index in [2.05, 4.69) is 5.32 Å². The predicted molar refractivity (Wildman–Crippen MR) is 125 cm³/mol. The topological polar surface area (TPSA) is 109 Å². The first-order chi connectivity index (χ1) is 15.8. The smallest absolute Gasteiger partial charge is 0.291 e. The standard InChI is InChI=1S/C23H25N3O6S/c1-16-7-3-5-9-18(16)26(33(2,29)30)15-20(27)24-21-17-8-4-6-10-19(17)32-22(21)23(28)25-11-13-31-14-12-25/h3-10H,11-15H2,1-2H3,(H,24,27). The lowest BCUT2D eigenvalue weighted by molar-refractivity contribution is -0.114. The number of nitrogens with one attached hydrogen (secondary N) is 1. The van der Waals surface area contributed by atoms with Crippen molar-refractivity contribution in [2.45, 2.75) is 6.92 Å². The third-order valence-electron chi connectivity index (χ3n) is 5.42. The van der Waals surface area contributed by atoms with Crippen LogP contribution in [0.5, 0.6) is 0 Å². The van der Waals surface area contributed by atoms with Crippen LogP contribution in [-0.4, -0.2) is 64.2 Å². The zero-order valence-corrected chi connectivity index (χ0v) is 19.2. The molecule has 0 unspecified atom stereocenters. The van der Waals surface area contributed by atoms with Gasteiger partial charge in [-0.3, -0.25) is 13.9 Å². The van der Waals surface area contributed by atoms with Gasteiger partial charge in [0.05, 0.1) is 25.2 Å². The average Bonchev–Trinajstić information content (AvgIpc) is 3.16. The number of furan rings is 1. The Morgan fingerprint density at radius 2 is 1.73 bits per heavy atom. The summed E-state index contributed by atoms with van der Waals surface area (Å²) in [6.07, 6.45) is 1.05. The fourth-order valence-electron chi connectivity index (χ4n) is 3.76. The Labute approximate surface area is 192 Å². The highest BCUT2D eigenvalue weighted by Gasteiger charge is 2.29. The highest BCUT2D eigenvalue weighted by atomic mass is 32.2. The van der Waals surface area contributed by atoms with E-state index in [9.17, 15) is 18.0 Å². The molecule has 1 aliphatic rings. The number of hydrogen-bond donors (Lipinski definition) is 1. The van der Waals surface area contributed by atoms with E-state index in [1.807, 2.05) is 0 Å². The Morgan fingerprint density at radius 1 is 1.06 bits per heavy atom. The van der Waals surface area contributed by atoms with Crippen LogP contribution in [0.3, 0.4) is 0 Å². The molecule has 33 heavy (non-hydrogen) atoms. The highest BCUT2D eigenvalue weighted by Crippen LogP contribution is 2.32. The number of anilines is 2. The second-order valence-corrected chi connectivity index (χ2v) is 9.72. The molecule has 1 saturated heterocycles. The van der Waals surface area contributed by atoms with Crippen molar-refractivity contribution in [3.05, 3.63) is 59.9 Å². The van der Waals surface area contributed by atoms with E-state index in [0.29, 0.717) is 48.5 Å². The number of carbonyl (C=O) groups is 2. The van der Waals surface area contributed by atoms with Gasteiger partial charge in [0.25, 0.3) is 5.91 Å². The van der Waals surface area contributed by atoms with Gasteiger partial charge in [0.2, 0.25) is 21.7 Å². The van der Waals surface area contributed by atoms with Gasteiger partial charge in [0.15, 0.2) is 0 Å². The highest BCUT2D eigenvalue weighted by molar-refractivity contribution is 7.92. The summed E-state index contributed by atoms with van der Waals surface area (Å²) in [4.78, 5) is 27.8. The van der Waals surface area contributed by atoms with Crippen molar-refractivity contribution >= 4 is 44.2 Å². The molecule has 0 atom stereocenters. The zero-order valence-electron chi connectivity index (χ0n) is 18.4. The van der Waals surface area contributed by atoms with E-state index >= 15 is 0 Å². The molecule has 3 aromatic rings. The Bertz CT molecular complexity index is 1290. The quantitative estimate of drug-likeness (QED) is 0.592. The minimum Gasteiger partial charge on any atom is -0.449 e. The predicted octanol–water partition coefficient (Wildman–Crippen LogP) is 2.62. The molecule has 0 aliphatic carbocycles. The van der Waals surface area contributed by atoms with Gasteiger partial charge in [0, 0.05) is 18.5 Å². The van der Waals surface area contributed by atoms with Crippen LogP contribution < -0.4 is 9.62 Å².